The maximum Gasteiger partial charge on any atom is 2.00 e. The van der Waals surface area contributed by atoms with Gasteiger partial charge in [-0.1, -0.05) is 60.2 Å². The molecule has 41 heavy (non-hydrogen) atoms. The van der Waals surface area contributed by atoms with Gasteiger partial charge in [0.15, 0.2) is 0 Å². The Balaban J connectivity index is 0.00000276. The van der Waals surface area contributed by atoms with Gasteiger partial charge in [-0.15, -0.1) is 35.2 Å². The minimum atomic E-state index is 0. The van der Waals surface area contributed by atoms with E-state index in [-0.39, 0.29) is 21.1 Å². The van der Waals surface area contributed by atoms with Gasteiger partial charge in [-0.05, 0) is 40.9 Å². The Hall–Kier alpha value is -5.00. The first kappa shape index (κ1) is 25.0. The van der Waals surface area contributed by atoms with E-state index >= 15 is 0 Å². The van der Waals surface area contributed by atoms with Crippen molar-refractivity contribution in [2.45, 2.75) is 0 Å². The zero-order valence-electron chi connectivity index (χ0n) is 21.5. The Kier molecular flexibility index (Phi) is 6.21. The van der Waals surface area contributed by atoms with Crippen LogP contribution in [0.25, 0.3) is 50.2 Å². The Morgan fingerprint density at radius 1 is 0.707 bits per heavy atom. The van der Waals surface area contributed by atoms with Crippen LogP contribution in [0.5, 0.6) is 11.6 Å². The summed E-state index contributed by atoms with van der Waals surface area (Å²) in [4.78, 5) is 14.0. The summed E-state index contributed by atoms with van der Waals surface area (Å²) in [7, 11) is 0. The quantitative estimate of drug-likeness (QED) is 0.183. The molecule has 0 bridgehead atoms. The number of hydrogen-bond acceptors (Lipinski definition) is 4. The van der Waals surface area contributed by atoms with Gasteiger partial charge in [0.05, 0.1) is 0 Å². The molecule has 0 N–H and O–H groups in total. The number of hydrogen-bond donors (Lipinski definition) is 0. The van der Waals surface area contributed by atoms with Crippen molar-refractivity contribution >= 4 is 33.1 Å². The monoisotopic (exact) mass is 711 g/mol. The number of rotatable bonds is 4. The van der Waals surface area contributed by atoms with Crippen LogP contribution in [0.15, 0.2) is 122 Å². The third-order valence-corrected chi connectivity index (χ3v) is 6.96. The van der Waals surface area contributed by atoms with Gasteiger partial charge in [-0.25, -0.2) is 9.97 Å². The van der Waals surface area contributed by atoms with Crippen LogP contribution < -0.4 is 4.74 Å². The predicted octanol–water partition coefficient (Wildman–Crippen LogP) is 7.09. The molecule has 6 aromatic heterocycles. The minimum absolute atomic E-state index is 0. The Morgan fingerprint density at radius 3 is 2.54 bits per heavy atom. The second kappa shape index (κ2) is 10.2. The van der Waals surface area contributed by atoms with E-state index in [1.807, 2.05) is 100 Å². The van der Waals surface area contributed by atoms with Crippen LogP contribution in [0.3, 0.4) is 0 Å². The largest absolute Gasteiger partial charge is 2.00 e. The van der Waals surface area contributed by atoms with Crippen LogP contribution in [-0.4, -0.2) is 28.3 Å². The minimum Gasteiger partial charge on any atom is -0.466 e. The fourth-order valence-electron chi connectivity index (χ4n) is 5.23. The van der Waals surface area contributed by atoms with E-state index in [2.05, 4.69) is 44.9 Å². The maximum atomic E-state index is 6.29. The number of imidazole rings is 1. The first-order valence-electron chi connectivity index (χ1n) is 12.9. The van der Waals surface area contributed by atoms with Crippen molar-refractivity contribution in [1.82, 2.24) is 28.3 Å². The van der Waals surface area contributed by atoms with E-state index in [1.165, 1.54) is 0 Å². The topological polar surface area (TPSA) is 61.7 Å². The van der Waals surface area contributed by atoms with Crippen LogP contribution in [0.1, 0.15) is 0 Å². The average molecular weight is 712 g/mol. The average Bonchev–Trinajstić information content (AvgIpc) is 3.72. The third kappa shape index (κ3) is 4.22. The molecule has 0 spiro atoms. The van der Waals surface area contributed by atoms with Crippen molar-refractivity contribution in [1.29, 1.82) is 0 Å². The normalized spacial score (nSPS) is 11.2. The first-order chi connectivity index (χ1) is 19.8. The summed E-state index contributed by atoms with van der Waals surface area (Å²) in [5.41, 5.74) is 4.48. The molecule has 198 valence electrons. The third-order valence-electron chi connectivity index (χ3n) is 6.96. The molecule has 0 aliphatic rings. The van der Waals surface area contributed by atoms with Gasteiger partial charge in [0.1, 0.15) is 5.82 Å². The number of fused-ring (bicyclic) bond motifs is 6. The molecule has 0 radical (unpaired) electrons. The Morgan fingerprint density at radius 2 is 1.61 bits per heavy atom. The summed E-state index contributed by atoms with van der Waals surface area (Å²) in [5, 5.41) is 2.21. The van der Waals surface area contributed by atoms with Crippen LogP contribution in [0.2, 0.25) is 0 Å². The van der Waals surface area contributed by atoms with E-state index in [9.17, 15) is 0 Å². The number of benzene rings is 2. The van der Waals surface area contributed by atoms with Gasteiger partial charge >= 0.3 is 21.1 Å². The van der Waals surface area contributed by atoms with E-state index in [4.69, 9.17) is 9.72 Å². The molecule has 7 nitrogen and oxygen atoms in total. The van der Waals surface area contributed by atoms with Gasteiger partial charge in [-0.3, -0.25) is 4.98 Å². The predicted molar refractivity (Wildman–Crippen MR) is 155 cm³/mol. The fourth-order valence-corrected chi connectivity index (χ4v) is 5.23. The van der Waals surface area contributed by atoms with E-state index in [0.717, 1.165) is 50.2 Å². The zero-order chi connectivity index (χ0) is 26.5. The van der Waals surface area contributed by atoms with Crippen LogP contribution in [0.4, 0.5) is 0 Å². The molecule has 0 aliphatic heterocycles. The van der Waals surface area contributed by atoms with Gasteiger partial charge in [0.2, 0.25) is 11.7 Å². The van der Waals surface area contributed by atoms with Crippen molar-refractivity contribution in [2.75, 3.05) is 0 Å². The van der Waals surface area contributed by atoms with E-state index in [0.29, 0.717) is 11.6 Å². The number of aromatic nitrogens is 6. The summed E-state index contributed by atoms with van der Waals surface area (Å²) in [6, 6.07) is 36.7. The summed E-state index contributed by atoms with van der Waals surface area (Å²) < 4.78 is 12.4. The molecule has 0 fully saturated rings. The van der Waals surface area contributed by atoms with E-state index < -0.39 is 0 Å². The molecule has 0 atom stereocenters. The number of para-hydroxylation sites is 1. The summed E-state index contributed by atoms with van der Waals surface area (Å²) in [6.45, 7) is 0. The SMILES string of the molecule is [Pt+2].[c-]1ccn2ccnc2n2cccc2c1-c1cccc(Oc2[c-]c3c(cc2)c2ccccc2n3-c2ccccn2)n1. The number of ether oxygens (including phenoxy) is 1. The smallest absolute Gasteiger partial charge is 0.466 e. The molecule has 2 aromatic carbocycles. The second-order valence-electron chi connectivity index (χ2n) is 9.32. The number of nitrogens with zero attached hydrogens (tertiary/aromatic N) is 6. The van der Waals surface area contributed by atoms with Crippen molar-refractivity contribution in [3.05, 3.63) is 134 Å². The molecule has 0 saturated carbocycles. The van der Waals surface area contributed by atoms with Gasteiger partial charge in [0.25, 0.3) is 0 Å². The van der Waals surface area contributed by atoms with Crippen molar-refractivity contribution in [3.63, 3.8) is 0 Å². The number of pyridine rings is 2. The second-order valence-corrected chi connectivity index (χ2v) is 9.32. The summed E-state index contributed by atoms with van der Waals surface area (Å²) in [6.07, 6.45) is 9.40. The molecule has 0 unspecified atom stereocenters. The Labute approximate surface area is 249 Å². The molecule has 8 rings (SSSR count). The Bertz CT molecular complexity index is 2210. The van der Waals surface area contributed by atoms with Crippen molar-refractivity contribution in [3.8, 4) is 28.7 Å². The molecule has 0 amide bonds. The van der Waals surface area contributed by atoms with E-state index in [1.54, 1.807) is 12.4 Å². The molecule has 6 heterocycles. The van der Waals surface area contributed by atoms with Crippen LogP contribution in [-0.2, 0) is 21.1 Å². The molecular weight excluding hydrogens is 691 g/mol. The summed E-state index contributed by atoms with van der Waals surface area (Å²) in [5.74, 6) is 2.66. The van der Waals surface area contributed by atoms with Gasteiger partial charge < -0.3 is 18.1 Å². The standard InChI is InChI=1S/C33H20N6O.Pt/c1-2-11-29-24(8-1)25-16-15-23(22-30(25)39(29)31-13-3-4-17-34-31)40-32-14-5-10-27(36-32)26-9-6-19-37-21-18-35-33(37)38-20-7-12-28(26)38;/h1-8,10-21H;/q-2;+2. The van der Waals surface area contributed by atoms with Crippen LogP contribution >= 0.6 is 0 Å². The first-order valence-corrected chi connectivity index (χ1v) is 12.9. The molecule has 0 saturated heterocycles. The summed E-state index contributed by atoms with van der Waals surface area (Å²) >= 11 is 0. The van der Waals surface area contributed by atoms with Crippen LogP contribution in [0, 0.1) is 12.1 Å². The molecule has 8 aromatic rings. The molecular formula is C33H20N6OPt. The molecule has 0 aliphatic carbocycles. The zero-order valence-corrected chi connectivity index (χ0v) is 23.7. The fraction of sp³-hybridized carbons (Fsp3) is 0. The van der Waals surface area contributed by atoms with Crippen molar-refractivity contribution in [2.24, 2.45) is 0 Å². The molecule has 8 heteroatoms. The maximum absolute atomic E-state index is 6.29. The van der Waals surface area contributed by atoms with Crippen molar-refractivity contribution < 1.29 is 25.8 Å². The van der Waals surface area contributed by atoms with Gasteiger partial charge in [-0.2, -0.15) is 6.07 Å². The van der Waals surface area contributed by atoms with Gasteiger partial charge in [0, 0.05) is 36.1 Å².